The summed E-state index contributed by atoms with van der Waals surface area (Å²) < 4.78 is 5.17. The molecule has 1 aliphatic heterocycles. The Labute approximate surface area is 172 Å². The second-order valence-electron chi connectivity index (χ2n) is 7.94. The molecule has 0 N–H and O–H groups in total. The van der Waals surface area contributed by atoms with E-state index in [1.54, 1.807) is 7.11 Å². The minimum absolute atomic E-state index is 0.110. The summed E-state index contributed by atoms with van der Waals surface area (Å²) in [6.07, 6.45) is 2.17. The fourth-order valence-electron chi connectivity index (χ4n) is 4.19. The fourth-order valence-corrected chi connectivity index (χ4v) is 4.19. The van der Waals surface area contributed by atoms with Crippen LogP contribution in [0.1, 0.15) is 29.9 Å². The zero-order chi connectivity index (χ0) is 20.2. The lowest BCUT2D eigenvalue weighted by atomic mass is 10.1. The van der Waals surface area contributed by atoms with Gasteiger partial charge in [0.2, 0.25) is 11.8 Å². The van der Waals surface area contributed by atoms with Gasteiger partial charge in [0.15, 0.2) is 0 Å². The average Bonchev–Trinajstić information content (AvgIpc) is 3.58. The van der Waals surface area contributed by atoms with E-state index in [2.05, 4.69) is 12.1 Å². The number of methoxy groups -OCH3 is 1. The molecule has 1 aliphatic carbocycles. The molecule has 2 amide bonds. The molecule has 152 valence electrons. The highest BCUT2D eigenvalue weighted by atomic mass is 16.5. The zero-order valence-corrected chi connectivity index (χ0v) is 16.9. The van der Waals surface area contributed by atoms with Crippen LogP contribution in [0.3, 0.4) is 0 Å². The van der Waals surface area contributed by atoms with Crippen molar-refractivity contribution in [2.75, 3.05) is 33.3 Å². The summed E-state index contributed by atoms with van der Waals surface area (Å²) in [5, 5.41) is 0. The number of hydrogen-bond donors (Lipinski definition) is 0. The number of nitrogens with zero attached hydrogens (tertiary/aromatic N) is 2. The van der Waals surface area contributed by atoms with Gasteiger partial charge in [0.1, 0.15) is 5.75 Å². The molecule has 4 rings (SSSR count). The first-order chi connectivity index (χ1) is 14.2. The standard InChI is InChI=1S/C24H28N2O3/c1-29-20-10-8-18(9-11-20)16-23(27)25-12-5-13-26(15-14-25)24(28)22-17-21(22)19-6-3-2-4-7-19/h2-4,6-11,21-22H,5,12-17H2,1H3. The molecule has 2 aromatic rings. The van der Waals surface area contributed by atoms with Gasteiger partial charge in [0, 0.05) is 32.1 Å². The topological polar surface area (TPSA) is 49.9 Å². The van der Waals surface area contributed by atoms with E-state index in [9.17, 15) is 9.59 Å². The van der Waals surface area contributed by atoms with Crippen molar-refractivity contribution in [2.24, 2.45) is 5.92 Å². The minimum atomic E-state index is 0.110. The Morgan fingerprint density at radius 1 is 0.931 bits per heavy atom. The summed E-state index contributed by atoms with van der Waals surface area (Å²) in [6, 6.07) is 17.9. The number of carbonyl (C=O) groups excluding carboxylic acids is 2. The van der Waals surface area contributed by atoms with Gasteiger partial charge in [-0.2, -0.15) is 0 Å². The Hall–Kier alpha value is -2.82. The normalized spacial score (nSPS) is 21.4. The maximum absolute atomic E-state index is 12.9. The predicted molar refractivity (Wildman–Crippen MR) is 112 cm³/mol. The van der Waals surface area contributed by atoms with Gasteiger partial charge in [-0.05, 0) is 42.0 Å². The molecule has 0 radical (unpaired) electrons. The Morgan fingerprint density at radius 2 is 1.62 bits per heavy atom. The third-order valence-electron chi connectivity index (χ3n) is 6.01. The lowest BCUT2D eigenvalue weighted by Gasteiger charge is -2.22. The molecular formula is C24H28N2O3. The largest absolute Gasteiger partial charge is 0.497 e. The molecule has 5 heteroatoms. The zero-order valence-electron chi connectivity index (χ0n) is 16.9. The Balaban J connectivity index is 1.29. The third-order valence-corrected chi connectivity index (χ3v) is 6.01. The first-order valence-corrected chi connectivity index (χ1v) is 10.4. The van der Waals surface area contributed by atoms with Crippen molar-refractivity contribution in [2.45, 2.75) is 25.2 Å². The van der Waals surface area contributed by atoms with E-state index in [4.69, 9.17) is 4.74 Å². The van der Waals surface area contributed by atoms with Crippen LogP contribution in [-0.4, -0.2) is 54.9 Å². The molecule has 2 aliphatic rings. The molecule has 1 saturated carbocycles. The SMILES string of the molecule is COc1ccc(CC(=O)N2CCCN(C(=O)C3CC3c3ccccc3)CC2)cc1. The first-order valence-electron chi connectivity index (χ1n) is 10.4. The molecule has 0 bridgehead atoms. The maximum Gasteiger partial charge on any atom is 0.227 e. The van der Waals surface area contributed by atoms with Crippen LogP contribution in [0.25, 0.3) is 0 Å². The second-order valence-corrected chi connectivity index (χ2v) is 7.94. The molecule has 0 spiro atoms. The van der Waals surface area contributed by atoms with E-state index in [0.29, 0.717) is 32.0 Å². The van der Waals surface area contributed by atoms with E-state index in [1.165, 1.54) is 5.56 Å². The van der Waals surface area contributed by atoms with Crippen molar-refractivity contribution >= 4 is 11.8 Å². The fraction of sp³-hybridized carbons (Fsp3) is 0.417. The monoisotopic (exact) mass is 392 g/mol. The highest BCUT2D eigenvalue weighted by molar-refractivity contribution is 5.83. The highest BCUT2D eigenvalue weighted by Gasteiger charge is 2.45. The number of amides is 2. The minimum Gasteiger partial charge on any atom is -0.497 e. The van der Waals surface area contributed by atoms with Crippen molar-refractivity contribution in [1.82, 2.24) is 9.80 Å². The number of ether oxygens (including phenoxy) is 1. The van der Waals surface area contributed by atoms with Gasteiger partial charge in [0.05, 0.1) is 13.5 Å². The molecule has 5 nitrogen and oxygen atoms in total. The van der Waals surface area contributed by atoms with Crippen molar-refractivity contribution in [1.29, 1.82) is 0 Å². The lowest BCUT2D eigenvalue weighted by molar-refractivity contribution is -0.134. The molecule has 1 heterocycles. The van der Waals surface area contributed by atoms with Crippen molar-refractivity contribution in [3.63, 3.8) is 0 Å². The van der Waals surface area contributed by atoms with Gasteiger partial charge in [-0.3, -0.25) is 9.59 Å². The molecule has 2 aromatic carbocycles. The summed E-state index contributed by atoms with van der Waals surface area (Å²) in [5.74, 6) is 1.64. The molecule has 0 aromatic heterocycles. The van der Waals surface area contributed by atoms with Crippen LogP contribution in [0.4, 0.5) is 0 Å². The molecule has 2 atom stereocenters. The molecule has 1 saturated heterocycles. The quantitative estimate of drug-likeness (QED) is 0.786. The number of carbonyl (C=O) groups is 2. The molecule has 29 heavy (non-hydrogen) atoms. The lowest BCUT2D eigenvalue weighted by Crippen LogP contribution is -2.38. The second kappa shape index (κ2) is 8.68. The van der Waals surface area contributed by atoms with Crippen LogP contribution in [0.5, 0.6) is 5.75 Å². The van der Waals surface area contributed by atoms with Crippen molar-refractivity contribution < 1.29 is 14.3 Å². The van der Waals surface area contributed by atoms with Crippen LogP contribution >= 0.6 is 0 Å². The summed E-state index contributed by atoms with van der Waals surface area (Å²) in [5.41, 5.74) is 2.24. The van der Waals surface area contributed by atoms with Crippen LogP contribution < -0.4 is 4.74 Å². The third kappa shape index (κ3) is 4.61. The van der Waals surface area contributed by atoms with Gasteiger partial charge in [-0.15, -0.1) is 0 Å². The smallest absolute Gasteiger partial charge is 0.227 e. The number of benzene rings is 2. The number of rotatable bonds is 5. The average molecular weight is 392 g/mol. The van der Waals surface area contributed by atoms with Gasteiger partial charge in [0.25, 0.3) is 0 Å². The summed E-state index contributed by atoms with van der Waals surface area (Å²) in [7, 11) is 1.63. The predicted octanol–water partition coefficient (Wildman–Crippen LogP) is 3.10. The summed E-state index contributed by atoms with van der Waals surface area (Å²) in [4.78, 5) is 29.5. The Morgan fingerprint density at radius 3 is 2.34 bits per heavy atom. The Kier molecular flexibility index (Phi) is 5.84. The molecule has 2 unspecified atom stereocenters. The van der Waals surface area contributed by atoms with Crippen LogP contribution in [-0.2, 0) is 16.0 Å². The van der Waals surface area contributed by atoms with E-state index < -0.39 is 0 Å². The van der Waals surface area contributed by atoms with E-state index in [-0.39, 0.29) is 17.7 Å². The van der Waals surface area contributed by atoms with E-state index >= 15 is 0 Å². The van der Waals surface area contributed by atoms with Crippen molar-refractivity contribution in [3.8, 4) is 5.75 Å². The van der Waals surface area contributed by atoms with Crippen LogP contribution in [0, 0.1) is 5.92 Å². The molecule has 2 fully saturated rings. The Bertz CT molecular complexity index is 850. The van der Waals surface area contributed by atoms with Gasteiger partial charge in [-0.1, -0.05) is 42.5 Å². The van der Waals surface area contributed by atoms with Gasteiger partial charge < -0.3 is 14.5 Å². The van der Waals surface area contributed by atoms with Crippen molar-refractivity contribution in [3.05, 3.63) is 65.7 Å². The summed E-state index contributed by atoms with van der Waals surface area (Å²) >= 11 is 0. The van der Waals surface area contributed by atoms with E-state index in [1.807, 2.05) is 52.3 Å². The van der Waals surface area contributed by atoms with Gasteiger partial charge >= 0.3 is 0 Å². The maximum atomic E-state index is 12.9. The van der Waals surface area contributed by atoms with Gasteiger partial charge in [-0.25, -0.2) is 0 Å². The molecular weight excluding hydrogens is 364 g/mol. The highest BCUT2D eigenvalue weighted by Crippen LogP contribution is 2.48. The summed E-state index contributed by atoms with van der Waals surface area (Å²) in [6.45, 7) is 2.70. The van der Waals surface area contributed by atoms with Crippen LogP contribution in [0.15, 0.2) is 54.6 Å². The number of hydrogen-bond acceptors (Lipinski definition) is 3. The van der Waals surface area contributed by atoms with E-state index in [0.717, 1.165) is 30.7 Å². The van der Waals surface area contributed by atoms with Crippen LogP contribution in [0.2, 0.25) is 0 Å². The first kappa shape index (κ1) is 19.5.